The number of barbiturate groups is 1. The van der Waals surface area contributed by atoms with Crippen molar-refractivity contribution in [2.45, 2.75) is 13.5 Å². The van der Waals surface area contributed by atoms with E-state index < -0.39 is 17.8 Å². The molecule has 0 unspecified atom stereocenters. The fraction of sp³-hybridized carbons (Fsp3) is 0.0800. The van der Waals surface area contributed by atoms with E-state index in [1.165, 1.54) is 6.08 Å². The Labute approximate surface area is 212 Å². The van der Waals surface area contributed by atoms with Gasteiger partial charge in [0.25, 0.3) is 11.8 Å². The summed E-state index contributed by atoms with van der Waals surface area (Å²) < 4.78 is 7.94. The molecule has 0 saturated carbocycles. The number of urea groups is 1. The van der Waals surface area contributed by atoms with Gasteiger partial charge in [0.1, 0.15) is 17.9 Å². The van der Waals surface area contributed by atoms with E-state index in [0.29, 0.717) is 23.6 Å². The largest absolute Gasteiger partial charge is 0.488 e. The third-order valence-corrected chi connectivity index (χ3v) is 6.64. The maximum absolute atomic E-state index is 13.2. The Kier molecular flexibility index (Phi) is 6.94. The van der Waals surface area contributed by atoms with Crippen molar-refractivity contribution in [1.29, 1.82) is 0 Å². The van der Waals surface area contributed by atoms with Gasteiger partial charge < -0.3 is 4.74 Å². The molecule has 1 aliphatic heterocycles. The van der Waals surface area contributed by atoms with E-state index in [-0.39, 0.29) is 5.57 Å². The molecule has 6 nitrogen and oxygen atoms in total. The normalized spacial score (nSPS) is 15.1. The fourth-order valence-corrected chi connectivity index (χ4v) is 3.89. The van der Waals surface area contributed by atoms with Gasteiger partial charge in [-0.3, -0.25) is 14.9 Å². The Morgan fingerprint density at radius 1 is 1.03 bits per heavy atom. The van der Waals surface area contributed by atoms with E-state index >= 15 is 0 Å². The first-order chi connectivity index (χ1) is 15.8. The van der Waals surface area contributed by atoms with Crippen molar-refractivity contribution in [1.82, 2.24) is 5.32 Å². The number of imide groups is 2. The van der Waals surface area contributed by atoms with Gasteiger partial charge >= 0.3 is 6.03 Å². The highest BCUT2D eigenvalue weighted by atomic mass is 127. The van der Waals surface area contributed by atoms with E-state index in [1.54, 1.807) is 36.4 Å². The predicted octanol–water partition coefficient (Wildman–Crippen LogP) is 5.61. The van der Waals surface area contributed by atoms with E-state index in [1.807, 2.05) is 37.3 Å². The van der Waals surface area contributed by atoms with Crippen LogP contribution in [0.5, 0.6) is 5.75 Å². The number of halogens is 2. The fourth-order valence-electron chi connectivity index (χ4n) is 3.29. The maximum atomic E-state index is 13.2. The molecule has 166 valence electrons. The average Bonchev–Trinajstić information content (AvgIpc) is 2.79. The van der Waals surface area contributed by atoms with Crippen molar-refractivity contribution in [2.24, 2.45) is 0 Å². The molecule has 8 heteroatoms. The molecule has 1 N–H and O–H groups in total. The standard InChI is InChI=1S/C25H18BrIN2O4/c1-15-12-19(10-11-21(15)26)29-24(31)20(23(30)28-25(29)32)13-17-4-2-3-5-22(17)33-14-16-6-8-18(27)9-7-16/h2-13H,14H2,1H3,(H,28,30,32)/b20-13+. The number of hydrogen-bond donors (Lipinski definition) is 1. The number of rotatable bonds is 5. The summed E-state index contributed by atoms with van der Waals surface area (Å²) in [5.41, 5.74) is 2.62. The minimum Gasteiger partial charge on any atom is -0.488 e. The number of anilines is 1. The predicted molar refractivity (Wildman–Crippen MR) is 138 cm³/mol. The Morgan fingerprint density at radius 3 is 2.48 bits per heavy atom. The molecule has 3 aromatic rings. The van der Waals surface area contributed by atoms with Crippen LogP contribution in [0.4, 0.5) is 10.5 Å². The molecule has 1 heterocycles. The highest BCUT2D eigenvalue weighted by Crippen LogP contribution is 2.28. The first kappa shape index (κ1) is 23.2. The first-order valence-electron chi connectivity index (χ1n) is 9.97. The van der Waals surface area contributed by atoms with Gasteiger partial charge in [-0.05, 0) is 83.1 Å². The van der Waals surface area contributed by atoms with E-state index in [4.69, 9.17) is 4.74 Å². The molecule has 0 radical (unpaired) electrons. The molecule has 3 aromatic carbocycles. The summed E-state index contributed by atoms with van der Waals surface area (Å²) in [4.78, 5) is 39.2. The summed E-state index contributed by atoms with van der Waals surface area (Å²) in [6.07, 6.45) is 1.45. The molecule has 0 atom stereocenters. The monoisotopic (exact) mass is 616 g/mol. The molecule has 4 rings (SSSR count). The van der Waals surface area contributed by atoms with Crippen LogP contribution in [0.25, 0.3) is 6.08 Å². The van der Waals surface area contributed by atoms with Gasteiger partial charge in [-0.25, -0.2) is 9.69 Å². The van der Waals surface area contributed by atoms with Crippen LogP contribution in [0, 0.1) is 10.5 Å². The van der Waals surface area contributed by atoms with Crippen LogP contribution >= 0.6 is 38.5 Å². The quantitative estimate of drug-likeness (QED) is 0.230. The summed E-state index contributed by atoms with van der Waals surface area (Å²) in [7, 11) is 0. The van der Waals surface area contributed by atoms with Crippen LogP contribution < -0.4 is 15.0 Å². The van der Waals surface area contributed by atoms with Gasteiger partial charge in [0.05, 0.1) is 5.69 Å². The van der Waals surface area contributed by atoms with Gasteiger partial charge in [0.15, 0.2) is 0 Å². The highest BCUT2D eigenvalue weighted by molar-refractivity contribution is 14.1. The zero-order valence-electron chi connectivity index (χ0n) is 17.5. The van der Waals surface area contributed by atoms with Crippen LogP contribution in [0.2, 0.25) is 0 Å². The summed E-state index contributed by atoms with van der Waals surface area (Å²) in [5, 5.41) is 2.25. The second-order valence-electron chi connectivity index (χ2n) is 7.34. The second-order valence-corrected chi connectivity index (χ2v) is 9.44. The number of para-hydroxylation sites is 1. The number of hydrogen-bond acceptors (Lipinski definition) is 4. The zero-order chi connectivity index (χ0) is 23.5. The number of carbonyl (C=O) groups excluding carboxylic acids is 3. The van der Waals surface area contributed by atoms with Crippen LogP contribution in [-0.4, -0.2) is 17.8 Å². The van der Waals surface area contributed by atoms with Gasteiger partial charge in [0, 0.05) is 13.6 Å². The average molecular weight is 617 g/mol. The molecular formula is C25H18BrIN2O4. The van der Waals surface area contributed by atoms with Crippen molar-refractivity contribution in [3.63, 3.8) is 0 Å². The van der Waals surface area contributed by atoms with Crippen LogP contribution in [-0.2, 0) is 16.2 Å². The Balaban J connectivity index is 1.64. The van der Waals surface area contributed by atoms with Crippen LogP contribution in [0.3, 0.4) is 0 Å². The summed E-state index contributed by atoms with van der Waals surface area (Å²) in [6.45, 7) is 2.18. The van der Waals surface area contributed by atoms with E-state index in [9.17, 15) is 14.4 Å². The SMILES string of the molecule is Cc1cc(N2C(=O)NC(=O)/C(=C\c3ccccc3OCc3ccc(I)cc3)C2=O)ccc1Br. The smallest absolute Gasteiger partial charge is 0.335 e. The maximum Gasteiger partial charge on any atom is 0.335 e. The minimum atomic E-state index is -0.785. The van der Waals surface area contributed by atoms with Crippen molar-refractivity contribution < 1.29 is 19.1 Å². The Bertz CT molecular complexity index is 1290. The van der Waals surface area contributed by atoms with E-state index in [2.05, 4.69) is 43.8 Å². The van der Waals surface area contributed by atoms with Gasteiger partial charge in [-0.15, -0.1) is 0 Å². The third kappa shape index (κ3) is 5.17. The molecule has 1 saturated heterocycles. The zero-order valence-corrected chi connectivity index (χ0v) is 21.2. The number of nitrogens with zero attached hydrogens (tertiary/aromatic N) is 1. The van der Waals surface area contributed by atoms with Crippen molar-refractivity contribution in [3.05, 3.63) is 97.0 Å². The highest BCUT2D eigenvalue weighted by Gasteiger charge is 2.37. The summed E-state index contributed by atoms with van der Waals surface area (Å²) in [6, 6.07) is 19.4. The number of carbonyl (C=O) groups is 3. The van der Waals surface area contributed by atoms with E-state index in [0.717, 1.165) is 24.1 Å². The molecule has 33 heavy (non-hydrogen) atoms. The second kappa shape index (κ2) is 9.88. The van der Waals surface area contributed by atoms with Crippen LogP contribution in [0.15, 0.2) is 76.8 Å². The lowest BCUT2D eigenvalue weighted by Crippen LogP contribution is -2.54. The molecule has 1 fully saturated rings. The first-order valence-corrected chi connectivity index (χ1v) is 11.8. The van der Waals surface area contributed by atoms with Gasteiger partial charge in [-0.2, -0.15) is 0 Å². The molecule has 1 aliphatic rings. The van der Waals surface area contributed by atoms with Gasteiger partial charge in [0.2, 0.25) is 0 Å². The molecule has 0 spiro atoms. The van der Waals surface area contributed by atoms with Crippen LogP contribution in [0.1, 0.15) is 16.7 Å². The lowest BCUT2D eigenvalue weighted by Gasteiger charge is -2.26. The van der Waals surface area contributed by atoms with Crippen molar-refractivity contribution in [3.8, 4) is 5.75 Å². The lowest BCUT2D eigenvalue weighted by molar-refractivity contribution is -0.122. The van der Waals surface area contributed by atoms with Crippen molar-refractivity contribution in [2.75, 3.05) is 4.90 Å². The third-order valence-electron chi connectivity index (χ3n) is 5.03. The molecule has 4 amide bonds. The molecule has 0 aromatic heterocycles. The summed E-state index contributed by atoms with van der Waals surface area (Å²) >= 11 is 5.65. The topological polar surface area (TPSA) is 75.7 Å². The number of aryl methyl sites for hydroxylation is 1. The van der Waals surface area contributed by atoms with Crippen molar-refractivity contribution >= 4 is 68.1 Å². The van der Waals surface area contributed by atoms with Gasteiger partial charge in [-0.1, -0.05) is 46.3 Å². The number of benzene rings is 3. The Hall–Kier alpha value is -2.98. The minimum absolute atomic E-state index is 0.152. The summed E-state index contributed by atoms with van der Waals surface area (Å²) in [5.74, 6) is -0.924. The number of ether oxygens (including phenoxy) is 1. The number of amides is 4. The lowest BCUT2D eigenvalue weighted by atomic mass is 10.1. The Morgan fingerprint density at radius 2 is 1.76 bits per heavy atom. The molecule has 0 bridgehead atoms. The number of nitrogens with one attached hydrogen (secondary N) is 1. The molecular weight excluding hydrogens is 599 g/mol. The molecule has 0 aliphatic carbocycles.